The van der Waals surface area contributed by atoms with Crippen molar-refractivity contribution >= 4 is 15.9 Å². The zero-order valence-corrected chi connectivity index (χ0v) is 7.80. The lowest BCUT2D eigenvalue weighted by molar-refractivity contribution is 0.981. The summed E-state index contributed by atoms with van der Waals surface area (Å²) >= 11 is 3.33. The van der Waals surface area contributed by atoms with Crippen LogP contribution < -0.4 is 0 Å². The minimum atomic E-state index is -0.0110. The molecule has 0 bridgehead atoms. The van der Waals surface area contributed by atoms with Crippen LogP contribution >= 0.6 is 15.9 Å². The molecule has 0 saturated carbocycles. The third-order valence-corrected chi connectivity index (χ3v) is 2.09. The van der Waals surface area contributed by atoms with Crippen LogP contribution in [0.5, 0.6) is 0 Å². The van der Waals surface area contributed by atoms with E-state index in [1.54, 1.807) is 0 Å². The van der Waals surface area contributed by atoms with Crippen molar-refractivity contribution in [3.05, 3.63) is 34.3 Å². The van der Waals surface area contributed by atoms with Crippen molar-refractivity contribution < 1.29 is 0 Å². The Hall–Kier alpha value is -0.810. The standard InChI is InChI=1S/C9H8BrN/c1-7(6-11)8-2-4-9(10)5-3-8/h2-5,7H,1H3/t7-/m0/s1. The van der Waals surface area contributed by atoms with Gasteiger partial charge < -0.3 is 0 Å². The van der Waals surface area contributed by atoms with Gasteiger partial charge in [0.05, 0.1) is 12.0 Å². The summed E-state index contributed by atoms with van der Waals surface area (Å²) in [7, 11) is 0. The molecule has 0 saturated heterocycles. The Morgan fingerprint density at radius 1 is 1.36 bits per heavy atom. The molecule has 0 aliphatic carbocycles. The summed E-state index contributed by atoms with van der Waals surface area (Å²) < 4.78 is 1.05. The second kappa shape index (κ2) is 3.54. The van der Waals surface area contributed by atoms with Crippen molar-refractivity contribution in [3.63, 3.8) is 0 Å². The van der Waals surface area contributed by atoms with Crippen LogP contribution in [0, 0.1) is 11.3 Å². The molecular weight excluding hydrogens is 202 g/mol. The summed E-state index contributed by atoms with van der Waals surface area (Å²) in [4.78, 5) is 0. The van der Waals surface area contributed by atoms with E-state index in [-0.39, 0.29) is 5.92 Å². The molecule has 1 aromatic rings. The highest BCUT2D eigenvalue weighted by Gasteiger charge is 2.01. The number of halogens is 1. The first-order valence-electron chi connectivity index (χ1n) is 3.39. The van der Waals surface area contributed by atoms with Gasteiger partial charge in [-0.3, -0.25) is 0 Å². The summed E-state index contributed by atoms with van der Waals surface area (Å²) in [5.74, 6) is -0.0110. The van der Waals surface area contributed by atoms with Crippen molar-refractivity contribution in [2.24, 2.45) is 0 Å². The fourth-order valence-corrected chi connectivity index (χ4v) is 1.09. The topological polar surface area (TPSA) is 23.8 Å². The molecule has 1 nitrogen and oxygen atoms in total. The van der Waals surface area contributed by atoms with E-state index < -0.39 is 0 Å². The Morgan fingerprint density at radius 2 is 1.91 bits per heavy atom. The zero-order valence-electron chi connectivity index (χ0n) is 6.21. The van der Waals surface area contributed by atoms with Gasteiger partial charge in [-0.15, -0.1) is 0 Å². The van der Waals surface area contributed by atoms with Gasteiger partial charge >= 0.3 is 0 Å². The van der Waals surface area contributed by atoms with E-state index in [2.05, 4.69) is 22.0 Å². The maximum absolute atomic E-state index is 8.60. The Labute approximate surface area is 74.8 Å². The van der Waals surface area contributed by atoms with Crippen LogP contribution in [-0.4, -0.2) is 0 Å². The fourth-order valence-electron chi connectivity index (χ4n) is 0.826. The third-order valence-electron chi connectivity index (χ3n) is 1.56. The van der Waals surface area contributed by atoms with Gasteiger partial charge in [-0.1, -0.05) is 28.1 Å². The molecule has 1 aromatic carbocycles. The maximum atomic E-state index is 8.60. The first-order valence-corrected chi connectivity index (χ1v) is 4.18. The fraction of sp³-hybridized carbons (Fsp3) is 0.222. The van der Waals surface area contributed by atoms with Gasteiger partial charge in [-0.05, 0) is 24.6 Å². The molecule has 11 heavy (non-hydrogen) atoms. The van der Waals surface area contributed by atoms with Crippen LogP contribution in [0.3, 0.4) is 0 Å². The second-order valence-corrected chi connectivity index (χ2v) is 3.32. The first kappa shape index (κ1) is 8.29. The molecule has 0 N–H and O–H groups in total. The number of hydrogen-bond acceptors (Lipinski definition) is 1. The molecule has 0 aliphatic rings. The van der Waals surface area contributed by atoms with Crippen LogP contribution in [0.25, 0.3) is 0 Å². The minimum absolute atomic E-state index is 0.0110. The summed E-state index contributed by atoms with van der Waals surface area (Å²) in [5, 5.41) is 8.60. The third kappa shape index (κ3) is 2.06. The van der Waals surface area contributed by atoms with E-state index in [0.29, 0.717) is 0 Å². The van der Waals surface area contributed by atoms with Gasteiger partial charge in [-0.2, -0.15) is 5.26 Å². The highest BCUT2D eigenvalue weighted by Crippen LogP contribution is 2.17. The molecule has 1 rings (SSSR count). The van der Waals surface area contributed by atoms with Crippen LogP contribution in [0.2, 0.25) is 0 Å². The molecule has 0 aromatic heterocycles. The number of hydrogen-bond donors (Lipinski definition) is 0. The molecule has 0 heterocycles. The van der Waals surface area contributed by atoms with E-state index in [1.807, 2.05) is 31.2 Å². The largest absolute Gasteiger partial charge is 0.198 e. The predicted molar refractivity (Wildman–Crippen MR) is 48.2 cm³/mol. The lowest BCUT2D eigenvalue weighted by atomic mass is 10.0. The van der Waals surface area contributed by atoms with E-state index in [9.17, 15) is 0 Å². The minimum Gasteiger partial charge on any atom is -0.198 e. The molecule has 0 spiro atoms. The molecular formula is C9H8BrN. The lowest BCUT2D eigenvalue weighted by Gasteiger charge is -2.00. The molecule has 0 unspecified atom stereocenters. The van der Waals surface area contributed by atoms with Crippen LogP contribution in [-0.2, 0) is 0 Å². The number of nitrogens with zero attached hydrogens (tertiary/aromatic N) is 1. The van der Waals surface area contributed by atoms with Crippen LogP contribution in [0.4, 0.5) is 0 Å². The van der Waals surface area contributed by atoms with Crippen molar-refractivity contribution in [1.82, 2.24) is 0 Å². The van der Waals surface area contributed by atoms with Gasteiger partial charge in [0.15, 0.2) is 0 Å². The SMILES string of the molecule is C[C@@H](C#N)c1ccc(Br)cc1. The highest BCUT2D eigenvalue weighted by molar-refractivity contribution is 9.10. The van der Waals surface area contributed by atoms with Gasteiger partial charge in [0.25, 0.3) is 0 Å². The van der Waals surface area contributed by atoms with Gasteiger partial charge in [0.2, 0.25) is 0 Å². The van der Waals surface area contributed by atoms with E-state index in [4.69, 9.17) is 5.26 Å². The monoisotopic (exact) mass is 209 g/mol. The summed E-state index contributed by atoms with van der Waals surface area (Å²) in [6.07, 6.45) is 0. The van der Waals surface area contributed by atoms with Gasteiger partial charge in [0.1, 0.15) is 0 Å². The smallest absolute Gasteiger partial charge is 0.0700 e. The van der Waals surface area contributed by atoms with Crippen LogP contribution in [0.1, 0.15) is 18.4 Å². The summed E-state index contributed by atoms with van der Waals surface area (Å²) in [6, 6.07) is 9.99. The maximum Gasteiger partial charge on any atom is 0.0700 e. The van der Waals surface area contributed by atoms with E-state index in [0.717, 1.165) is 10.0 Å². The van der Waals surface area contributed by atoms with Gasteiger partial charge in [0, 0.05) is 4.47 Å². The Bertz CT molecular complexity index is 271. The van der Waals surface area contributed by atoms with Crippen molar-refractivity contribution in [1.29, 1.82) is 5.26 Å². The Morgan fingerprint density at radius 3 is 2.36 bits per heavy atom. The average molecular weight is 210 g/mol. The molecule has 0 radical (unpaired) electrons. The molecule has 0 amide bonds. The number of benzene rings is 1. The normalized spacial score (nSPS) is 12.1. The molecule has 56 valence electrons. The van der Waals surface area contributed by atoms with Crippen molar-refractivity contribution in [2.45, 2.75) is 12.8 Å². The Balaban J connectivity index is 2.92. The summed E-state index contributed by atoms with van der Waals surface area (Å²) in [5.41, 5.74) is 1.07. The van der Waals surface area contributed by atoms with Gasteiger partial charge in [-0.25, -0.2) is 0 Å². The van der Waals surface area contributed by atoms with E-state index >= 15 is 0 Å². The number of nitriles is 1. The molecule has 2 heteroatoms. The lowest BCUT2D eigenvalue weighted by Crippen LogP contribution is -1.87. The zero-order chi connectivity index (χ0) is 8.27. The van der Waals surface area contributed by atoms with Crippen LogP contribution in [0.15, 0.2) is 28.7 Å². The number of rotatable bonds is 1. The highest BCUT2D eigenvalue weighted by atomic mass is 79.9. The molecule has 0 fully saturated rings. The molecule has 1 atom stereocenters. The quantitative estimate of drug-likeness (QED) is 0.698. The average Bonchev–Trinajstić information content (AvgIpc) is 2.05. The van der Waals surface area contributed by atoms with E-state index in [1.165, 1.54) is 0 Å². The predicted octanol–water partition coefficient (Wildman–Crippen LogP) is 3.08. The summed E-state index contributed by atoms with van der Waals surface area (Å²) in [6.45, 7) is 1.89. The molecule has 0 aliphatic heterocycles. The van der Waals surface area contributed by atoms with Crippen molar-refractivity contribution in [2.75, 3.05) is 0 Å². The second-order valence-electron chi connectivity index (χ2n) is 2.40. The first-order chi connectivity index (χ1) is 5.24. The Kier molecular flexibility index (Phi) is 2.67. The van der Waals surface area contributed by atoms with Crippen molar-refractivity contribution in [3.8, 4) is 6.07 Å².